The van der Waals surface area contributed by atoms with Crippen molar-refractivity contribution < 1.29 is 0 Å². The standard InChI is InChI=1S/C66H42N2/c1-4-21-43(22-5-1)65(44-23-6-2-7-24-44)55-34-16-13-31-53(55)63-51-30-11-10-28-49(51)62(42-59(63)65)67(45-25-8-3-9-26-45)46-39-40-48-47-27-12-15-33-54(47)66(58(48)41-46)56-35-17-19-38-61(56)68-60-37-18-14-29-50(60)52-32-20-36-57(66)64(52)68/h1-42H. The van der Waals surface area contributed by atoms with E-state index in [9.17, 15) is 0 Å². The Bertz CT molecular complexity index is 3990. The summed E-state index contributed by atoms with van der Waals surface area (Å²) in [5.41, 5.74) is 21.4. The van der Waals surface area contributed by atoms with Crippen LogP contribution in [0, 0.1) is 0 Å². The molecule has 1 atom stereocenters. The summed E-state index contributed by atoms with van der Waals surface area (Å²) in [6.45, 7) is 0. The Morgan fingerprint density at radius 2 is 0.853 bits per heavy atom. The maximum absolute atomic E-state index is 2.54. The van der Waals surface area contributed by atoms with Crippen LogP contribution in [0.15, 0.2) is 255 Å². The molecule has 2 heteroatoms. The van der Waals surface area contributed by atoms with Gasteiger partial charge in [0, 0.05) is 27.5 Å². The Balaban J connectivity index is 1.06. The summed E-state index contributed by atoms with van der Waals surface area (Å²) >= 11 is 0. The van der Waals surface area contributed by atoms with Crippen molar-refractivity contribution in [2.75, 3.05) is 4.90 Å². The van der Waals surface area contributed by atoms with Crippen LogP contribution >= 0.6 is 0 Å². The number of hydrogen-bond donors (Lipinski definition) is 0. The van der Waals surface area contributed by atoms with Gasteiger partial charge in [-0.2, -0.15) is 0 Å². The topological polar surface area (TPSA) is 8.17 Å². The van der Waals surface area contributed by atoms with Crippen molar-refractivity contribution in [1.29, 1.82) is 0 Å². The minimum atomic E-state index is -0.581. The highest BCUT2D eigenvalue weighted by atomic mass is 15.1. The number of para-hydroxylation sites is 4. The monoisotopic (exact) mass is 862 g/mol. The van der Waals surface area contributed by atoms with E-state index in [1.165, 1.54) is 105 Å². The lowest BCUT2D eigenvalue weighted by atomic mass is 9.65. The second-order valence-electron chi connectivity index (χ2n) is 18.7. The third kappa shape index (κ3) is 4.66. The first-order valence-corrected chi connectivity index (χ1v) is 23.8. The molecule has 1 spiro atoms. The quantitative estimate of drug-likeness (QED) is 0.167. The van der Waals surface area contributed by atoms with Crippen LogP contribution in [0.1, 0.15) is 44.5 Å². The molecule has 0 saturated carbocycles. The Kier molecular flexibility index (Phi) is 7.67. The van der Waals surface area contributed by atoms with Gasteiger partial charge in [-0.3, -0.25) is 0 Å². The lowest BCUT2D eigenvalue weighted by Crippen LogP contribution is -2.33. The van der Waals surface area contributed by atoms with E-state index in [-0.39, 0.29) is 0 Å². The van der Waals surface area contributed by atoms with Crippen LogP contribution in [0.2, 0.25) is 0 Å². The van der Waals surface area contributed by atoms with Gasteiger partial charge in [-0.05, 0) is 115 Å². The third-order valence-corrected chi connectivity index (χ3v) is 15.6. The van der Waals surface area contributed by atoms with E-state index in [4.69, 9.17) is 0 Å². The van der Waals surface area contributed by atoms with E-state index in [2.05, 4.69) is 264 Å². The van der Waals surface area contributed by atoms with Gasteiger partial charge in [0.2, 0.25) is 0 Å². The molecule has 3 aliphatic rings. The molecule has 2 nitrogen and oxygen atoms in total. The number of aromatic nitrogens is 1. The fourth-order valence-electron chi connectivity index (χ4n) is 13.2. The molecule has 2 heterocycles. The molecular formula is C66H42N2. The predicted octanol–water partition coefficient (Wildman–Crippen LogP) is 16.4. The molecule has 0 N–H and O–H groups in total. The summed E-state index contributed by atoms with van der Waals surface area (Å²) < 4.78 is 2.53. The summed E-state index contributed by atoms with van der Waals surface area (Å²) in [6.07, 6.45) is 0. The molecule has 2 aliphatic carbocycles. The Hall–Kier alpha value is -8.72. The zero-order chi connectivity index (χ0) is 44.6. The zero-order valence-corrected chi connectivity index (χ0v) is 37.1. The molecule has 1 aliphatic heterocycles. The normalized spacial score (nSPS) is 15.5. The van der Waals surface area contributed by atoms with Gasteiger partial charge in [-0.1, -0.05) is 212 Å². The molecule has 316 valence electrons. The van der Waals surface area contributed by atoms with E-state index in [1.807, 2.05) is 0 Å². The number of nitrogens with zero attached hydrogens (tertiary/aromatic N) is 2. The van der Waals surface area contributed by atoms with Crippen LogP contribution < -0.4 is 4.90 Å². The van der Waals surface area contributed by atoms with E-state index < -0.39 is 10.8 Å². The van der Waals surface area contributed by atoms with Gasteiger partial charge in [-0.25, -0.2) is 0 Å². The van der Waals surface area contributed by atoms with Crippen molar-refractivity contribution in [2.45, 2.75) is 10.8 Å². The molecular weight excluding hydrogens is 821 g/mol. The van der Waals surface area contributed by atoms with Crippen molar-refractivity contribution in [3.63, 3.8) is 0 Å². The van der Waals surface area contributed by atoms with Crippen molar-refractivity contribution in [3.8, 4) is 27.9 Å². The Morgan fingerprint density at radius 1 is 0.309 bits per heavy atom. The van der Waals surface area contributed by atoms with Crippen molar-refractivity contribution in [2.24, 2.45) is 0 Å². The zero-order valence-electron chi connectivity index (χ0n) is 37.1. The number of anilines is 3. The minimum absolute atomic E-state index is 0.567. The van der Waals surface area contributed by atoms with Crippen LogP contribution in [0.5, 0.6) is 0 Å². The van der Waals surface area contributed by atoms with E-state index >= 15 is 0 Å². The van der Waals surface area contributed by atoms with Gasteiger partial charge in [0.25, 0.3) is 0 Å². The maximum Gasteiger partial charge on any atom is 0.0755 e. The number of fused-ring (bicyclic) bond motifs is 17. The second-order valence-corrected chi connectivity index (χ2v) is 18.7. The van der Waals surface area contributed by atoms with Crippen LogP contribution in [0.3, 0.4) is 0 Å². The van der Waals surface area contributed by atoms with E-state index in [0.717, 1.165) is 17.1 Å². The molecule has 0 bridgehead atoms. The fraction of sp³-hybridized carbons (Fsp3) is 0.0303. The van der Waals surface area contributed by atoms with Crippen molar-refractivity contribution in [1.82, 2.24) is 4.57 Å². The summed E-state index contributed by atoms with van der Waals surface area (Å²) in [5, 5.41) is 5.01. The number of rotatable bonds is 5. The molecule has 1 unspecified atom stereocenters. The SMILES string of the molecule is c1ccc(N(c2ccc3c(c2)C2(c4ccccc4-3)c3ccccc3-n3c4ccccc4c4cccc2c43)c2cc3c(c4ccccc24)-c2ccccc2C3(c2ccccc2)c2ccccc2)cc1. The third-order valence-electron chi connectivity index (χ3n) is 15.6. The van der Waals surface area contributed by atoms with Crippen LogP contribution in [-0.2, 0) is 10.8 Å². The van der Waals surface area contributed by atoms with Gasteiger partial charge in [0.1, 0.15) is 0 Å². The van der Waals surface area contributed by atoms with Crippen molar-refractivity contribution in [3.05, 3.63) is 299 Å². The van der Waals surface area contributed by atoms with E-state index in [0.29, 0.717) is 0 Å². The summed E-state index contributed by atoms with van der Waals surface area (Å²) in [4.78, 5) is 2.54. The molecule has 68 heavy (non-hydrogen) atoms. The van der Waals surface area contributed by atoms with Crippen LogP contribution in [0.25, 0.3) is 60.5 Å². The first kappa shape index (κ1) is 37.5. The van der Waals surface area contributed by atoms with Gasteiger partial charge in [0.15, 0.2) is 0 Å². The minimum Gasteiger partial charge on any atom is -0.310 e. The fourth-order valence-corrected chi connectivity index (χ4v) is 13.2. The van der Waals surface area contributed by atoms with E-state index in [1.54, 1.807) is 0 Å². The van der Waals surface area contributed by atoms with Gasteiger partial charge in [0.05, 0.1) is 33.2 Å². The molecule has 0 amide bonds. The largest absolute Gasteiger partial charge is 0.310 e. The molecule has 11 aromatic carbocycles. The molecule has 12 aromatic rings. The van der Waals surface area contributed by atoms with Gasteiger partial charge >= 0.3 is 0 Å². The Labute approximate surface area is 395 Å². The molecule has 1 aromatic heterocycles. The first-order valence-electron chi connectivity index (χ1n) is 23.8. The highest BCUT2D eigenvalue weighted by Gasteiger charge is 2.52. The van der Waals surface area contributed by atoms with Crippen LogP contribution in [-0.4, -0.2) is 4.57 Å². The summed E-state index contributed by atoms with van der Waals surface area (Å²) in [7, 11) is 0. The lowest BCUT2D eigenvalue weighted by molar-refractivity contribution is 0.748. The van der Waals surface area contributed by atoms with Gasteiger partial charge in [-0.15, -0.1) is 0 Å². The van der Waals surface area contributed by atoms with Crippen molar-refractivity contribution >= 4 is 49.6 Å². The average molecular weight is 863 g/mol. The Morgan fingerprint density at radius 3 is 1.60 bits per heavy atom. The molecule has 0 fully saturated rings. The molecule has 15 rings (SSSR count). The second kappa shape index (κ2) is 13.9. The van der Waals surface area contributed by atoms with Crippen LogP contribution in [0.4, 0.5) is 17.1 Å². The highest BCUT2D eigenvalue weighted by Crippen LogP contribution is 2.63. The summed E-state index contributed by atoms with van der Waals surface area (Å²) in [6, 6.07) is 95.6. The number of benzene rings is 11. The number of hydrogen-bond acceptors (Lipinski definition) is 1. The smallest absolute Gasteiger partial charge is 0.0755 e. The molecule has 0 radical (unpaired) electrons. The highest BCUT2D eigenvalue weighted by molar-refractivity contribution is 6.14. The predicted molar refractivity (Wildman–Crippen MR) is 281 cm³/mol. The lowest BCUT2D eigenvalue weighted by Gasteiger charge is -2.40. The maximum atomic E-state index is 2.54. The summed E-state index contributed by atoms with van der Waals surface area (Å²) in [5.74, 6) is 0. The average Bonchev–Trinajstić information content (AvgIpc) is 4.02. The van der Waals surface area contributed by atoms with Gasteiger partial charge < -0.3 is 9.47 Å². The first-order chi connectivity index (χ1) is 33.8. The molecule has 0 saturated heterocycles.